The van der Waals surface area contributed by atoms with E-state index in [-0.39, 0.29) is 40.6 Å². The SMILES string of the molecule is C[C@@H]1Cc2cc(S(=O)(=O)N3CCC(C(=O)NC4CCN(Cc5ccccc5)CC4)CC3)ccc2N1C(=O)C1CC1. The van der Waals surface area contributed by atoms with Gasteiger partial charge < -0.3 is 10.2 Å². The summed E-state index contributed by atoms with van der Waals surface area (Å²) in [5.74, 6) is 0.199. The summed E-state index contributed by atoms with van der Waals surface area (Å²) in [5.41, 5.74) is 3.09. The minimum absolute atomic E-state index is 0.0476. The van der Waals surface area contributed by atoms with Gasteiger partial charge in [-0.3, -0.25) is 14.5 Å². The van der Waals surface area contributed by atoms with Crippen molar-refractivity contribution >= 4 is 27.5 Å². The molecule has 0 aromatic heterocycles. The molecule has 2 aromatic rings. The summed E-state index contributed by atoms with van der Waals surface area (Å²) in [6.07, 6.45) is 5.51. The molecule has 2 amide bonds. The lowest BCUT2D eigenvalue weighted by molar-refractivity contribution is -0.127. The molecule has 1 atom stereocenters. The summed E-state index contributed by atoms with van der Waals surface area (Å²) in [7, 11) is -3.66. The first-order chi connectivity index (χ1) is 19.3. The Morgan fingerprint density at radius 1 is 0.875 bits per heavy atom. The van der Waals surface area contributed by atoms with Gasteiger partial charge in [-0.2, -0.15) is 4.31 Å². The third kappa shape index (κ3) is 5.69. The summed E-state index contributed by atoms with van der Waals surface area (Å²) in [6.45, 7) is 5.57. The number of likely N-dealkylation sites (tertiary alicyclic amines) is 1. The van der Waals surface area contributed by atoms with Crippen LogP contribution in [0.1, 0.15) is 56.6 Å². The predicted molar refractivity (Wildman–Crippen MR) is 154 cm³/mol. The molecule has 1 aliphatic carbocycles. The van der Waals surface area contributed by atoms with Crippen molar-refractivity contribution in [2.45, 2.75) is 75.4 Å². The van der Waals surface area contributed by atoms with Crippen LogP contribution in [-0.4, -0.2) is 67.7 Å². The van der Waals surface area contributed by atoms with E-state index in [0.717, 1.165) is 56.6 Å². The Morgan fingerprint density at radius 3 is 2.25 bits per heavy atom. The average molecular weight is 565 g/mol. The molecule has 4 aliphatic rings. The van der Waals surface area contributed by atoms with Gasteiger partial charge in [-0.05, 0) is 81.2 Å². The van der Waals surface area contributed by atoms with Gasteiger partial charge in [0, 0.05) is 62.3 Å². The van der Waals surface area contributed by atoms with Gasteiger partial charge in [0.15, 0.2) is 0 Å². The lowest BCUT2D eigenvalue weighted by Gasteiger charge is -2.34. The van der Waals surface area contributed by atoms with Crippen molar-refractivity contribution in [3.63, 3.8) is 0 Å². The Hall–Kier alpha value is -2.75. The largest absolute Gasteiger partial charge is 0.353 e. The van der Waals surface area contributed by atoms with Crippen molar-refractivity contribution in [3.05, 3.63) is 59.7 Å². The number of benzene rings is 2. The Kier molecular flexibility index (Phi) is 7.72. The van der Waals surface area contributed by atoms with Crippen LogP contribution in [0.25, 0.3) is 0 Å². The van der Waals surface area contributed by atoms with E-state index in [1.807, 2.05) is 17.9 Å². The van der Waals surface area contributed by atoms with Crippen LogP contribution in [0.15, 0.2) is 53.4 Å². The first-order valence-corrected chi connectivity index (χ1v) is 16.3. The number of nitrogens with one attached hydrogen (secondary N) is 1. The van der Waals surface area contributed by atoms with E-state index in [1.54, 1.807) is 18.2 Å². The van der Waals surface area contributed by atoms with Gasteiger partial charge in [0.2, 0.25) is 21.8 Å². The summed E-state index contributed by atoms with van der Waals surface area (Å²) < 4.78 is 28.5. The minimum atomic E-state index is -3.66. The number of anilines is 1. The number of rotatable bonds is 7. The van der Waals surface area contributed by atoms with Crippen molar-refractivity contribution in [1.29, 1.82) is 0 Å². The molecule has 3 heterocycles. The van der Waals surface area contributed by atoms with Crippen LogP contribution < -0.4 is 10.2 Å². The standard InChI is InChI=1S/C31H40N4O4S/c1-22-19-26-20-28(9-10-29(26)35(22)31(37)25-7-8-25)40(38,39)34-17-11-24(12-18-34)30(36)32-27-13-15-33(16-14-27)21-23-5-3-2-4-6-23/h2-6,9-10,20,22,24-25,27H,7-8,11-19,21H2,1H3,(H,32,36)/t22-/m1/s1. The third-order valence-corrected chi connectivity index (χ3v) is 11.0. The normalized spacial score (nSPS) is 23.2. The highest BCUT2D eigenvalue weighted by Gasteiger charge is 2.40. The number of amides is 2. The molecule has 1 saturated carbocycles. The van der Waals surface area contributed by atoms with Crippen LogP contribution in [0.3, 0.4) is 0 Å². The number of hydrogen-bond donors (Lipinski definition) is 1. The highest BCUT2D eigenvalue weighted by Crippen LogP contribution is 2.40. The van der Waals surface area contributed by atoms with Crippen LogP contribution >= 0.6 is 0 Å². The van der Waals surface area contributed by atoms with Gasteiger partial charge in [-0.1, -0.05) is 30.3 Å². The number of fused-ring (bicyclic) bond motifs is 1. The molecule has 0 bridgehead atoms. The monoisotopic (exact) mass is 564 g/mol. The van der Waals surface area contributed by atoms with Crippen molar-refractivity contribution in [2.24, 2.45) is 11.8 Å². The smallest absolute Gasteiger partial charge is 0.243 e. The van der Waals surface area contributed by atoms with Gasteiger partial charge in [0.1, 0.15) is 0 Å². The van der Waals surface area contributed by atoms with E-state index in [9.17, 15) is 18.0 Å². The van der Waals surface area contributed by atoms with Crippen LogP contribution in [0.4, 0.5) is 5.69 Å². The van der Waals surface area contributed by atoms with Gasteiger partial charge >= 0.3 is 0 Å². The van der Waals surface area contributed by atoms with E-state index < -0.39 is 10.0 Å². The number of sulfonamides is 1. The van der Waals surface area contributed by atoms with E-state index in [1.165, 1.54) is 9.87 Å². The van der Waals surface area contributed by atoms with Crippen molar-refractivity contribution in [2.75, 3.05) is 31.1 Å². The molecule has 0 radical (unpaired) electrons. The van der Waals surface area contributed by atoms with Crippen LogP contribution in [-0.2, 0) is 32.6 Å². The van der Waals surface area contributed by atoms with E-state index in [4.69, 9.17) is 0 Å². The molecular weight excluding hydrogens is 524 g/mol. The summed E-state index contributed by atoms with van der Waals surface area (Å²) in [4.78, 5) is 30.4. The molecule has 9 heteroatoms. The Morgan fingerprint density at radius 2 is 1.57 bits per heavy atom. The van der Waals surface area contributed by atoms with E-state index in [2.05, 4.69) is 34.5 Å². The van der Waals surface area contributed by atoms with E-state index in [0.29, 0.717) is 32.4 Å². The molecule has 8 nitrogen and oxygen atoms in total. The second-order valence-corrected chi connectivity index (χ2v) is 14.0. The topological polar surface area (TPSA) is 90.0 Å². The van der Waals surface area contributed by atoms with Gasteiger partial charge in [-0.15, -0.1) is 0 Å². The minimum Gasteiger partial charge on any atom is -0.353 e. The number of carbonyl (C=O) groups excluding carboxylic acids is 2. The molecule has 214 valence electrons. The first-order valence-electron chi connectivity index (χ1n) is 14.8. The lowest BCUT2D eigenvalue weighted by atomic mass is 9.95. The molecule has 1 N–H and O–H groups in total. The molecule has 0 unspecified atom stereocenters. The lowest BCUT2D eigenvalue weighted by Crippen LogP contribution is -2.48. The number of piperidine rings is 2. The summed E-state index contributed by atoms with van der Waals surface area (Å²) in [5, 5.41) is 3.25. The highest BCUT2D eigenvalue weighted by atomic mass is 32.2. The fourth-order valence-electron chi connectivity index (χ4n) is 6.53. The average Bonchev–Trinajstić information content (AvgIpc) is 3.76. The zero-order chi connectivity index (χ0) is 27.9. The van der Waals surface area contributed by atoms with Crippen LogP contribution in [0.2, 0.25) is 0 Å². The molecule has 2 saturated heterocycles. The second kappa shape index (κ2) is 11.3. The van der Waals surface area contributed by atoms with Gasteiger partial charge in [0.25, 0.3) is 0 Å². The summed E-state index contributed by atoms with van der Waals surface area (Å²) in [6, 6.07) is 15.9. The third-order valence-electron chi connectivity index (χ3n) is 9.08. The maximum Gasteiger partial charge on any atom is 0.243 e. The maximum atomic E-state index is 13.5. The second-order valence-electron chi connectivity index (χ2n) is 12.0. The quantitative estimate of drug-likeness (QED) is 0.556. The Balaban J connectivity index is 1.00. The predicted octanol–water partition coefficient (Wildman–Crippen LogP) is 3.56. The highest BCUT2D eigenvalue weighted by molar-refractivity contribution is 7.89. The van der Waals surface area contributed by atoms with Crippen molar-refractivity contribution in [1.82, 2.24) is 14.5 Å². The molecule has 0 spiro atoms. The van der Waals surface area contributed by atoms with Gasteiger partial charge in [-0.25, -0.2) is 8.42 Å². The zero-order valence-electron chi connectivity index (χ0n) is 23.3. The Labute approximate surface area is 237 Å². The number of nitrogens with zero attached hydrogens (tertiary/aromatic N) is 3. The molecule has 3 aliphatic heterocycles. The van der Waals surface area contributed by atoms with Crippen LogP contribution in [0.5, 0.6) is 0 Å². The number of hydrogen-bond acceptors (Lipinski definition) is 5. The zero-order valence-corrected chi connectivity index (χ0v) is 24.1. The first kappa shape index (κ1) is 27.4. The Bertz CT molecular complexity index is 1340. The molecule has 3 fully saturated rings. The fourth-order valence-corrected chi connectivity index (χ4v) is 8.06. The molecule has 40 heavy (non-hydrogen) atoms. The fraction of sp³-hybridized carbons (Fsp3) is 0.548. The molecule has 6 rings (SSSR count). The van der Waals surface area contributed by atoms with Crippen molar-refractivity contribution in [3.8, 4) is 0 Å². The van der Waals surface area contributed by atoms with Gasteiger partial charge in [0.05, 0.1) is 4.90 Å². The van der Waals surface area contributed by atoms with E-state index >= 15 is 0 Å². The molecule has 2 aromatic carbocycles. The van der Waals surface area contributed by atoms with Crippen LogP contribution in [0, 0.1) is 11.8 Å². The molecular formula is C31H40N4O4S. The van der Waals surface area contributed by atoms with Crippen molar-refractivity contribution < 1.29 is 18.0 Å². The summed E-state index contributed by atoms with van der Waals surface area (Å²) >= 11 is 0. The maximum absolute atomic E-state index is 13.5. The number of carbonyl (C=O) groups is 2.